The normalized spacial score (nSPS) is 12.2. The monoisotopic (exact) mass is 614 g/mol. The van der Waals surface area contributed by atoms with Gasteiger partial charge in [0.1, 0.15) is 11.5 Å². The highest BCUT2D eigenvalue weighted by Gasteiger charge is 2.27. The van der Waals surface area contributed by atoms with Gasteiger partial charge in [-0.1, -0.05) is 59.6 Å². The summed E-state index contributed by atoms with van der Waals surface area (Å²) in [7, 11) is -7.76. The second kappa shape index (κ2) is 13.2. The first kappa shape index (κ1) is 30.2. The third-order valence-corrected chi connectivity index (χ3v) is 9.28. The van der Waals surface area contributed by atoms with Gasteiger partial charge in [-0.15, -0.1) is 0 Å². The van der Waals surface area contributed by atoms with E-state index < -0.39 is 32.5 Å². The molecular weight excluding hydrogens is 588 g/mol. The molecule has 0 saturated carbocycles. The molecule has 0 aliphatic carbocycles. The summed E-state index contributed by atoms with van der Waals surface area (Å²) in [5.74, 6) is -0.0941. The summed E-state index contributed by atoms with van der Waals surface area (Å²) in [6.07, 6.45) is 1.23. The van der Waals surface area contributed by atoms with Crippen LogP contribution in [0, 0.1) is 6.92 Å². The van der Waals surface area contributed by atoms with Crippen molar-refractivity contribution in [2.45, 2.75) is 29.8 Å². The van der Waals surface area contributed by atoms with E-state index in [1.54, 1.807) is 48.5 Å². The van der Waals surface area contributed by atoms with E-state index in [0.29, 0.717) is 16.3 Å². The average Bonchev–Trinajstić information content (AvgIpc) is 3.40. The van der Waals surface area contributed by atoms with Gasteiger partial charge >= 0.3 is 0 Å². The average molecular weight is 615 g/mol. The van der Waals surface area contributed by atoms with E-state index in [4.69, 9.17) is 16.0 Å². The summed E-state index contributed by atoms with van der Waals surface area (Å²) in [6.45, 7) is 1.25. The third-order valence-electron chi connectivity index (χ3n) is 5.80. The number of nitrogens with zero attached hydrogens (tertiary/aromatic N) is 2. The van der Waals surface area contributed by atoms with Crippen molar-refractivity contribution in [1.29, 1.82) is 0 Å². The number of nitrogens with one attached hydrogen (secondary N) is 2. The molecule has 0 radical (unpaired) electrons. The molecule has 214 valence electrons. The lowest BCUT2D eigenvalue weighted by atomic mass is 10.2. The Kier molecular flexibility index (Phi) is 9.73. The maximum Gasteiger partial charge on any atom is 0.255 e. The second-order valence-corrected chi connectivity index (χ2v) is 13.1. The molecule has 2 N–H and O–H groups in total. The Labute approximate surface area is 243 Å². The van der Waals surface area contributed by atoms with Gasteiger partial charge in [0.2, 0.25) is 20.0 Å². The SMILES string of the molecule is Cc1ccc(S(=O)(=O)N(CC(=O)N/N=C\c2ccc(CNS(=O)(=O)c3ccc(Cl)cc3)o2)Cc2ccccc2)cc1. The largest absolute Gasteiger partial charge is 0.459 e. The molecule has 1 aromatic heterocycles. The van der Waals surface area contributed by atoms with Gasteiger partial charge in [0.15, 0.2) is 0 Å². The van der Waals surface area contributed by atoms with Gasteiger partial charge in [-0.25, -0.2) is 27.0 Å². The van der Waals surface area contributed by atoms with Crippen LogP contribution >= 0.6 is 11.6 Å². The quantitative estimate of drug-likeness (QED) is 0.182. The molecule has 0 fully saturated rings. The number of amides is 1. The maximum atomic E-state index is 13.4. The molecule has 13 heteroatoms. The van der Waals surface area contributed by atoms with Crippen molar-refractivity contribution >= 4 is 43.8 Å². The van der Waals surface area contributed by atoms with Crippen LogP contribution < -0.4 is 10.1 Å². The predicted molar refractivity (Wildman–Crippen MR) is 155 cm³/mol. The molecule has 4 aromatic rings. The Morgan fingerprint density at radius 2 is 1.56 bits per heavy atom. The second-order valence-electron chi connectivity index (χ2n) is 8.95. The minimum absolute atomic E-state index is 0.0122. The fraction of sp³-hybridized carbons (Fsp3) is 0.143. The molecule has 0 atom stereocenters. The minimum Gasteiger partial charge on any atom is -0.459 e. The molecule has 0 spiro atoms. The third kappa shape index (κ3) is 8.35. The van der Waals surface area contributed by atoms with Crippen LogP contribution in [-0.2, 0) is 37.9 Å². The maximum absolute atomic E-state index is 13.4. The first-order valence-corrected chi connectivity index (χ1v) is 15.6. The Morgan fingerprint density at radius 1 is 0.902 bits per heavy atom. The van der Waals surface area contributed by atoms with Gasteiger partial charge in [0.05, 0.1) is 29.1 Å². The fourth-order valence-electron chi connectivity index (χ4n) is 3.66. The highest BCUT2D eigenvalue weighted by Crippen LogP contribution is 2.19. The molecule has 4 rings (SSSR count). The molecule has 10 nitrogen and oxygen atoms in total. The molecule has 0 saturated heterocycles. The van der Waals surface area contributed by atoms with Crippen LogP contribution in [-0.4, -0.2) is 39.8 Å². The van der Waals surface area contributed by atoms with E-state index in [1.807, 2.05) is 13.0 Å². The number of hydrazone groups is 1. The van der Waals surface area contributed by atoms with Crippen molar-refractivity contribution in [3.8, 4) is 0 Å². The summed E-state index contributed by atoms with van der Waals surface area (Å²) in [6, 6.07) is 24.2. The van der Waals surface area contributed by atoms with Crippen LogP contribution in [0.5, 0.6) is 0 Å². The number of sulfonamides is 2. The number of carbonyl (C=O) groups is 1. The van der Waals surface area contributed by atoms with E-state index in [0.717, 1.165) is 9.87 Å². The summed E-state index contributed by atoms with van der Waals surface area (Å²) in [5, 5.41) is 4.27. The van der Waals surface area contributed by atoms with Crippen molar-refractivity contribution < 1.29 is 26.0 Å². The molecule has 0 bridgehead atoms. The van der Waals surface area contributed by atoms with Crippen molar-refractivity contribution in [2.75, 3.05) is 6.54 Å². The van der Waals surface area contributed by atoms with Crippen LogP contribution in [0.2, 0.25) is 5.02 Å². The van der Waals surface area contributed by atoms with Crippen molar-refractivity contribution in [2.24, 2.45) is 5.10 Å². The Hall–Kier alpha value is -3.81. The number of furan rings is 1. The minimum atomic E-state index is -3.99. The summed E-state index contributed by atoms with van der Waals surface area (Å²) >= 11 is 5.81. The van der Waals surface area contributed by atoms with E-state index in [1.165, 1.54) is 42.6 Å². The first-order valence-electron chi connectivity index (χ1n) is 12.3. The molecule has 0 aliphatic rings. The lowest BCUT2D eigenvalue weighted by Gasteiger charge is -2.21. The highest BCUT2D eigenvalue weighted by molar-refractivity contribution is 7.89. The summed E-state index contributed by atoms with van der Waals surface area (Å²) in [4.78, 5) is 12.8. The molecule has 3 aromatic carbocycles. The number of hydrogen-bond donors (Lipinski definition) is 2. The number of benzene rings is 3. The number of carbonyl (C=O) groups excluding carboxylic acids is 1. The van der Waals surface area contributed by atoms with Gasteiger partial charge in [-0.2, -0.15) is 9.41 Å². The van der Waals surface area contributed by atoms with E-state index >= 15 is 0 Å². The van der Waals surface area contributed by atoms with Gasteiger partial charge in [-0.3, -0.25) is 4.79 Å². The van der Waals surface area contributed by atoms with Crippen molar-refractivity contribution in [1.82, 2.24) is 14.5 Å². The van der Waals surface area contributed by atoms with E-state index in [2.05, 4.69) is 15.2 Å². The molecule has 1 amide bonds. The van der Waals surface area contributed by atoms with Crippen LogP contribution in [0.1, 0.15) is 22.6 Å². The Balaban J connectivity index is 1.37. The van der Waals surface area contributed by atoms with E-state index in [-0.39, 0.29) is 28.6 Å². The topological polar surface area (TPSA) is 138 Å². The smallest absolute Gasteiger partial charge is 0.255 e. The summed E-state index contributed by atoms with van der Waals surface area (Å²) in [5.41, 5.74) is 3.94. The number of aryl methyl sites for hydroxylation is 1. The lowest BCUT2D eigenvalue weighted by Crippen LogP contribution is -2.39. The van der Waals surface area contributed by atoms with Crippen LogP contribution in [0.3, 0.4) is 0 Å². The fourth-order valence-corrected chi connectivity index (χ4v) is 6.16. The Morgan fingerprint density at radius 3 is 2.24 bits per heavy atom. The van der Waals surface area contributed by atoms with Crippen molar-refractivity contribution in [3.63, 3.8) is 0 Å². The summed E-state index contributed by atoms with van der Waals surface area (Å²) < 4.78 is 60.6. The molecule has 1 heterocycles. The highest BCUT2D eigenvalue weighted by atomic mass is 35.5. The van der Waals surface area contributed by atoms with Crippen LogP contribution in [0.4, 0.5) is 0 Å². The van der Waals surface area contributed by atoms with Crippen LogP contribution in [0.25, 0.3) is 0 Å². The molecule has 41 heavy (non-hydrogen) atoms. The predicted octanol–water partition coefficient (Wildman–Crippen LogP) is 4.06. The number of halogens is 1. The molecule has 0 aliphatic heterocycles. The zero-order valence-electron chi connectivity index (χ0n) is 21.9. The number of rotatable bonds is 12. The van der Waals surface area contributed by atoms with Crippen molar-refractivity contribution in [3.05, 3.63) is 119 Å². The van der Waals surface area contributed by atoms with Crippen LogP contribution in [0.15, 0.2) is 110 Å². The zero-order valence-corrected chi connectivity index (χ0v) is 24.3. The zero-order chi connectivity index (χ0) is 29.5. The standard InChI is InChI=1S/C28H27ClN4O6S2/c1-21-7-13-27(14-8-21)41(37,38)33(19-22-5-3-2-4-6-22)20-28(34)32-30-17-24-11-12-25(39-24)18-31-40(35,36)26-15-9-23(29)10-16-26/h2-17,31H,18-20H2,1H3,(H,32,34)/b30-17-. The first-order chi connectivity index (χ1) is 19.5. The van der Waals surface area contributed by atoms with Gasteiger partial charge in [-0.05, 0) is 61.0 Å². The van der Waals surface area contributed by atoms with E-state index in [9.17, 15) is 21.6 Å². The van der Waals surface area contributed by atoms with Gasteiger partial charge in [0.25, 0.3) is 5.91 Å². The molecular formula is C28H27ClN4O6S2. The Bertz CT molecular complexity index is 1720. The number of hydrogen-bond acceptors (Lipinski definition) is 7. The lowest BCUT2D eigenvalue weighted by molar-refractivity contribution is -0.121. The van der Waals surface area contributed by atoms with Gasteiger partial charge in [0, 0.05) is 11.6 Å². The van der Waals surface area contributed by atoms with Gasteiger partial charge < -0.3 is 4.42 Å². The molecule has 0 unspecified atom stereocenters.